The zero-order valence-electron chi connectivity index (χ0n) is 13.4. The highest BCUT2D eigenvalue weighted by Gasteiger charge is 2.12. The first-order valence-electron chi connectivity index (χ1n) is 7.63. The highest BCUT2D eigenvalue weighted by Crippen LogP contribution is 2.24. The number of nitrogens with one attached hydrogen (secondary N) is 1. The Kier molecular flexibility index (Phi) is 4.81. The summed E-state index contributed by atoms with van der Waals surface area (Å²) in [5.74, 6) is -0.211. The molecular weight excluding hydrogens is 335 g/mol. The van der Waals surface area contributed by atoms with Crippen molar-refractivity contribution >= 4 is 17.7 Å². The Morgan fingerprint density at radius 1 is 1.15 bits per heavy atom. The van der Waals surface area contributed by atoms with E-state index in [0.717, 1.165) is 0 Å². The van der Waals surface area contributed by atoms with Crippen molar-refractivity contribution in [3.63, 3.8) is 0 Å². The van der Waals surface area contributed by atoms with Gasteiger partial charge in [-0.25, -0.2) is 4.39 Å². The highest BCUT2D eigenvalue weighted by molar-refractivity contribution is 6.09. The summed E-state index contributed by atoms with van der Waals surface area (Å²) in [5.41, 5.74) is 0.837. The number of nitriles is 1. The molecule has 3 rings (SSSR count). The Morgan fingerprint density at radius 2 is 1.92 bits per heavy atom. The van der Waals surface area contributed by atoms with E-state index in [1.54, 1.807) is 24.3 Å². The molecule has 0 atom stereocenters. The predicted molar refractivity (Wildman–Crippen MR) is 94.4 cm³/mol. The van der Waals surface area contributed by atoms with Gasteiger partial charge in [-0.1, -0.05) is 12.1 Å². The van der Waals surface area contributed by atoms with E-state index in [2.05, 4.69) is 5.32 Å². The molecule has 0 saturated heterocycles. The Balaban J connectivity index is 1.80. The van der Waals surface area contributed by atoms with Gasteiger partial charge in [-0.2, -0.15) is 5.26 Å². The van der Waals surface area contributed by atoms with Crippen molar-refractivity contribution in [1.82, 2.24) is 0 Å². The largest absolute Gasteiger partial charge is 0.508 e. The monoisotopic (exact) mass is 348 g/mol. The van der Waals surface area contributed by atoms with E-state index in [9.17, 15) is 19.6 Å². The third kappa shape index (κ3) is 3.97. The number of phenols is 1. The Bertz CT molecular complexity index is 1010. The molecule has 1 heterocycles. The van der Waals surface area contributed by atoms with Crippen molar-refractivity contribution in [1.29, 1.82) is 5.26 Å². The Labute approximate surface area is 148 Å². The lowest BCUT2D eigenvalue weighted by molar-refractivity contribution is -0.112. The molecule has 3 aromatic rings. The SMILES string of the molecule is N#C/C(=C/c1ccc(-c2cccc(F)c2)o1)C(=O)Nc1ccc(O)cc1. The number of amides is 1. The van der Waals surface area contributed by atoms with Crippen LogP contribution in [0.4, 0.5) is 10.1 Å². The molecule has 6 heteroatoms. The molecular formula is C20H13FN2O3. The van der Waals surface area contributed by atoms with Gasteiger partial charge in [0.25, 0.3) is 5.91 Å². The van der Waals surface area contributed by atoms with E-state index in [4.69, 9.17) is 4.42 Å². The summed E-state index contributed by atoms with van der Waals surface area (Å²) in [7, 11) is 0. The predicted octanol–water partition coefficient (Wildman–Crippen LogP) is 4.34. The average Bonchev–Trinajstić information content (AvgIpc) is 3.10. The number of halogens is 1. The van der Waals surface area contributed by atoms with Gasteiger partial charge in [0, 0.05) is 17.3 Å². The fraction of sp³-hybridized carbons (Fsp3) is 0. The van der Waals surface area contributed by atoms with Crippen LogP contribution in [0, 0.1) is 17.1 Å². The van der Waals surface area contributed by atoms with E-state index < -0.39 is 5.91 Å². The third-order valence-electron chi connectivity index (χ3n) is 3.51. The van der Waals surface area contributed by atoms with Crippen LogP contribution in [-0.4, -0.2) is 11.0 Å². The number of nitrogens with zero attached hydrogens (tertiary/aromatic N) is 1. The van der Waals surface area contributed by atoms with E-state index in [-0.39, 0.29) is 17.1 Å². The van der Waals surface area contributed by atoms with E-state index in [1.165, 1.54) is 42.5 Å². The topological polar surface area (TPSA) is 86.3 Å². The average molecular weight is 348 g/mol. The van der Waals surface area contributed by atoms with Crippen molar-refractivity contribution < 1.29 is 18.7 Å². The van der Waals surface area contributed by atoms with Gasteiger partial charge in [-0.15, -0.1) is 0 Å². The standard InChI is InChI=1S/C20H13FN2O3/c21-15-3-1-2-13(10-15)19-9-8-18(26-19)11-14(12-22)20(25)23-16-4-6-17(24)7-5-16/h1-11,24H,(H,23,25)/b14-11-. The molecule has 1 amide bonds. The minimum Gasteiger partial charge on any atom is -0.508 e. The number of phenolic OH excluding ortho intramolecular Hbond substituents is 1. The Morgan fingerprint density at radius 3 is 2.62 bits per heavy atom. The van der Waals surface area contributed by atoms with Gasteiger partial charge in [0.2, 0.25) is 0 Å². The highest BCUT2D eigenvalue weighted by atomic mass is 19.1. The van der Waals surface area contributed by atoms with Crippen LogP contribution in [0.3, 0.4) is 0 Å². The van der Waals surface area contributed by atoms with Gasteiger partial charge in [-0.3, -0.25) is 4.79 Å². The van der Waals surface area contributed by atoms with Gasteiger partial charge >= 0.3 is 0 Å². The van der Waals surface area contributed by atoms with Crippen molar-refractivity contribution in [3.8, 4) is 23.1 Å². The molecule has 1 aromatic heterocycles. The van der Waals surface area contributed by atoms with Gasteiger partial charge in [0.05, 0.1) is 0 Å². The van der Waals surface area contributed by atoms with Gasteiger partial charge in [-0.05, 0) is 48.5 Å². The fourth-order valence-electron chi connectivity index (χ4n) is 2.26. The molecule has 0 spiro atoms. The molecule has 0 aliphatic rings. The molecule has 5 nitrogen and oxygen atoms in total. The summed E-state index contributed by atoms with van der Waals surface area (Å²) < 4.78 is 18.9. The first-order chi connectivity index (χ1) is 12.5. The van der Waals surface area contributed by atoms with Crippen LogP contribution in [0.5, 0.6) is 5.75 Å². The van der Waals surface area contributed by atoms with E-state index >= 15 is 0 Å². The number of benzene rings is 2. The molecule has 2 N–H and O–H groups in total. The van der Waals surface area contributed by atoms with Crippen molar-refractivity contribution in [3.05, 3.63) is 77.8 Å². The summed E-state index contributed by atoms with van der Waals surface area (Å²) >= 11 is 0. The van der Waals surface area contributed by atoms with Crippen molar-refractivity contribution in [2.75, 3.05) is 5.32 Å². The molecule has 0 saturated carbocycles. The van der Waals surface area contributed by atoms with Gasteiger partial charge in [0.1, 0.15) is 34.7 Å². The zero-order chi connectivity index (χ0) is 18.5. The number of furan rings is 1. The number of anilines is 1. The summed E-state index contributed by atoms with van der Waals surface area (Å²) in [5, 5.41) is 21.0. The first kappa shape index (κ1) is 17.0. The number of hydrogen-bond acceptors (Lipinski definition) is 4. The second kappa shape index (κ2) is 7.36. The molecule has 0 radical (unpaired) electrons. The van der Waals surface area contributed by atoms with Crippen LogP contribution >= 0.6 is 0 Å². The van der Waals surface area contributed by atoms with Crippen LogP contribution in [0.1, 0.15) is 5.76 Å². The number of rotatable bonds is 4. The smallest absolute Gasteiger partial charge is 0.266 e. The van der Waals surface area contributed by atoms with Gasteiger partial charge in [0.15, 0.2) is 0 Å². The second-order valence-electron chi connectivity index (χ2n) is 5.38. The van der Waals surface area contributed by atoms with Crippen LogP contribution in [0.15, 0.2) is 70.7 Å². The number of carbonyl (C=O) groups is 1. The normalized spacial score (nSPS) is 11.0. The van der Waals surface area contributed by atoms with Crippen LogP contribution in [0.2, 0.25) is 0 Å². The molecule has 0 bridgehead atoms. The number of hydrogen-bond donors (Lipinski definition) is 2. The summed E-state index contributed by atoms with van der Waals surface area (Å²) in [4.78, 5) is 12.2. The lowest BCUT2D eigenvalue weighted by Gasteiger charge is -2.03. The zero-order valence-corrected chi connectivity index (χ0v) is 13.4. The number of carbonyl (C=O) groups excluding carboxylic acids is 1. The maximum absolute atomic E-state index is 13.3. The van der Waals surface area contributed by atoms with E-state index in [1.807, 2.05) is 6.07 Å². The number of aromatic hydroxyl groups is 1. The molecule has 0 aliphatic carbocycles. The van der Waals surface area contributed by atoms with Crippen LogP contribution < -0.4 is 5.32 Å². The first-order valence-corrected chi connectivity index (χ1v) is 7.63. The summed E-state index contributed by atoms with van der Waals surface area (Å²) in [6.07, 6.45) is 1.30. The second-order valence-corrected chi connectivity index (χ2v) is 5.38. The fourth-order valence-corrected chi connectivity index (χ4v) is 2.26. The van der Waals surface area contributed by atoms with Gasteiger partial charge < -0.3 is 14.8 Å². The maximum Gasteiger partial charge on any atom is 0.266 e. The molecule has 128 valence electrons. The lowest BCUT2D eigenvalue weighted by atomic mass is 10.2. The molecule has 0 unspecified atom stereocenters. The Hall–Kier alpha value is -3.85. The molecule has 2 aromatic carbocycles. The van der Waals surface area contributed by atoms with Crippen molar-refractivity contribution in [2.45, 2.75) is 0 Å². The molecule has 0 aliphatic heterocycles. The third-order valence-corrected chi connectivity index (χ3v) is 3.51. The quantitative estimate of drug-likeness (QED) is 0.417. The minimum absolute atomic E-state index is 0.0690. The maximum atomic E-state index is 13.3. The lowest BCUT2D eigenvalue weighted by Crippen LogP contribution is -2.13. The molecule has 26 heavy (non-hydrogen) atoms. The summed E-state index contributed by atoms with van der Waals surface area (Å²) in [6.45, 7) is 0. The van der Waals surface area contributed by atoms with Crippen LogP contribution in [-0.2, 0) is 4.79 Å². The van der Waals surface area contributed by atoms with E-state index in [0.29, 0.717) is 22.8 Å². The minimum atomic E-state index is -0.609. The van der Waals surface area contributed by atoms with Crippen LogP contribution in [0.25, 0.3) is 17.4 Å². The summed E-state index contributed by atoms with van der Waals surface area (Å²) in [6, 6.07) is 16.8. The van der Waals surface area contributed by atoms with Crippen molar-refractivity contribution in [2.24, 2.45) is 0 Å². The molecule has 0 fully saturated rings.